The summed E-state index contributed by atoms with van der Waals surface area (Å²) in [5, 5.41) is 3.19. The van der Waals surface area contributed by atoms with Crippen molar-refractivity contribution in [3.8, 4) is 0 Å². The zero-order chi connectivity index (χ0) is 12.5. The van der Waals surface area contributed by atoms with Gasteiger partial charge in [0, 0.05) is 5.54 Å². The van der Waals surface area contributed by atoms with Crippen LogP contribution >= 0.6 is 0 Å². The summed E-state index contributed by atoms with van der Waals surface area (Å²) >= 11 is 0. The molecule has 1 aliphatic rings. The molecule has 0 radical (unpaired) electrons. The second kappa shape index (κ2) is 4.31. The fraction of sp³-hybridized carbons (Fsp3) is 0.500. The molecule has 1 aliphatic heterocycles. The summed E-state index contributed by atoms with van der Waals surface area (Å²) in [5.41, 5.74) is 5.89. The van der Waals surface area contributed by atoms with Gasteiger partial charge in [-0.3, -0.25) is 0 Å². The smallest absolute Gasteiger partial charge is 0.321 e. The minimum absolute atomic E-state index is 0.491. The normalized spacial score (nSPS) is 20.2. The zero-order valence-corrected chi connectivity index (χ0v) is 9.35. The van der Waals surface area contributed by atoms with E-state index in [-0.39, 0.29) is 0 Å². The molecule has 0 aromatic heterocycles. The first kappa shape index (κ1) is 12.4. The molecule has 0 bridgehead atoms. The van der Waals surface area contributed by atoms with E-state index in [1.165, 1.54) is 12.1 Å². The number of hydrogen-bond acceptors (Lipinski definition) is 2. The van der Waals surface area contributed by atoms with Crippen LogP contribution in [0.25, 0.3) is 0 Å². The zero-order valence-electron chi connectivity index (χ0n) is 9.35. The van der Waals surface area contributed by atoms with Crippen LogP contribution in [0.15, 0.2) is 24.3 Å². The van der Waals surface area contributed by atoms with Crippen molar-refractivity contribution in [2.24, 2.45) is 5.73 Å². The van der Waals surface area contributed by atoms with Gasteiger partial charge in [0.1, 0.15) is 0 Å². The summed E-state index contributed by atoms with van der Waals surface area (Å²) < 4.78 is 37.2. The van der Waals surface area contributed by atoms with Crippen molar-refractivity contribution in [2.45, 2.75) is 24.6 Å². The Hall–Kier alpha value is -1.07. The van der Waals surface area contributed by atoms with Gasteiger partial charge >= 0.3 is 6.18 Å². The van der Waals surface area contributed by atoms with Crippen molar-refractivity contribution < 1.29 is 13.2 Å². The predicted molar refractivity (Wildman–Crippen MR) is 59.4 cm³/mol. The first-order valence-electron chi connectivity index (χ1n) is 5.59. The maximum absolute atomic E-state index is 12.4. The average Bonchev–Trinajstić information content (AvgIpc) is 2.29. The lowest BCUT2D eigenvalue weighted by atomic mass is 9.82. The molecular formula is C12H15F3N2. The van der Waals surface area contributed by atoms with Crippen LogP contribution in [0, 0.1) is 0 Å². The first-order valence-corrected chi connectivity index (χ1v) is 5.59. The standard InChI is InChI=1S/C12H15F3N2/c13-12(14,15)10-3-1-9(2-4-10)11(16)5-7-17-8-6-11/h1-4,17H,5-8,16H2. The van der Waals surface area contributed by atoms with E-state index in [0.717, 1.165) is 43.6 Å². The van der Waals surface area contributed by atoms with Crippen LogP contribution in [0.4, 0.5) is 13.2 Å². The molecule has 3 N–H and O–H groups in total. The highest BCUT2D eigenvalue weighted by Crippen LogP contribution is 2.32. The molecular weight excluding hydrogens is 229 g/mol. The van der Waals surface area contributed by atoms with Gasteiger partial charge in [-0.2, -0.15) is 13.2 Å². The third kappa shape index (κ3) is 2.61. The van der Waals surface area contributed by atoms with Gasteiger partial charge in [-0.05, 0) is 43.6 Å². The Morgan fingerprint density at radius 1 is 1.06 bits per heavy atom. The van der Waals surface area contributed by atoms with Gasteiger partial charge in [-0.15, -0.1) is 0 Å². The lowest BCUT2D eigenvalue weighted by Gasteiger charge is -2.34. The van der Waals surface area contributed by atoms with E-state index in [2.05, 4.69) is 5.32 Å². The van der Waals surface area contributed by atoms with Crippen molar-refractivity contribution in [1.82, 2.24) is 5.32 Å². The highest BCUT2D eigenvalue weighted by atomic mass is 19.4. The van der Waals surface area contributed by atoms with E-state index in [1.54, 1.807) is 0 Å². The molecule has 0 saturated carbocycles. The number of hydrogen-bond donors (Lipinski definition) is 2. The van der Waals surface area contributed by atoms with Crippen LogP contribution in [0.1, 0.15) is 24.0 Å². The number of halogens is 3. The third-order valence-electron chi connectivity index (χ3n) is 3.28. The van der Waals surface area contributed by atoms with E-state index < -0.39 is 17.3 Å². The van der Waals surface area contributed by atoms with E-state index in [1.807, 2.05) is 0 Å². The maximum Gasteiger partial charge on any atom is 0.416 e. The Morgan fingerprint density at radius 3 is 2.06 bits per heavy atom. The summed E-state index contributed by atoms with van der Waals surface area (Å²) in [6.07, 6.45) is -2.79. The molecule has 1 aromatic carbocycles. The minimum Gasteiger partial charge on any atom is -0.321 e. The lowest BCUT2D eigenvalue weighted by Crippen LogP contribution is -2.46. The quantitative estimate of drug-likeness (QED) is 0.795. The molecule has 94 valence electrons. The Bertz CT molecular complexity index is 378. The summed E-state index contributed by atoms with van der Waals surface area (Å²) in [5.74, 6) is 0. The fourth-order valence-corrected chi connectivity index (χ4v) is 2.15. The van der Waals surface area contributed by atoms with Crippen LogP contribution in [0.2, 0.25) is 0 Å². The van der Waals surface area contributed by atoms with Crippen molar-refractivity contribution in [1.29, 1.82) is 0 Å². The van der Waals surface area contributed by atoms with E-state index in [4.69, 9.17) is 5.73 Å². The summed E-state index contributed by atoms with van der Waals surface area (Å²) in [6, 6.07) is 5.19. The lowest BCUT2D eigenvalue weighted by molar-refractivity contribution is -0.137. The molecule has 0 unspecified atom stereocenters. The van der Waals surface area contributed by atoms with Gasteiger partial charge in [-0.1, -0.05) is 12.1 Å². The molecule has 0 spiro atoms. The maximum atomic E-state index is 12.4. The minimum atomic E-state index is -4.28. The molecule has 0 amide bonds. The van der Waals surface area contributed by atoms with Gasteiger partial charge < -0.3 is 11.1 Å². The second-order valence-electron chi connectivity index (χ2n) is 4.48. The van der Waals surface area contributed by atoms with Crippen LogP contribution < -0.4 is 11.1 Å². The van der Waals surface area contributed by atoms with Crippen molar-refractivity contribution in [3.05, 3.63) is 35.4 Å². The Kier molecular flexibility index (Phi) is 3.14. The van der Waals surface area contributed by atoms with Gasteiger partial charge in [0.2, 0.25) is 0 Å². The number of piperidine rings is 1. The Balaban J connectivity index is 2.23. The number of alkyl halides is 3. The average molecular weight is 244 g/mol. The summed E-state index contributed by atoms with van der Waals surface area (Å²) in [4.78, 5) is 0. The fourth-order valence-electron chi connectivity index (χ4n) is 2.15. The highest BCUT2D eigenvalue weighted by Gasteiger charge is 2.33. The van der Waals surface area contributed by atoms with Gasteiger partial charge in [0.15, 0.2) is 0 Å². The van der Waals surface area contributed by atoms with Crippen LogP contribution in [0.3, 0.4) is 0 Å². The largest absolute Gasteiger partial charge is 0.416 e. The SMILES string of the molecule is NC1(c2ccc(C(F)(F)F)cc2)CCNCC1. The van der Waals surface area contributed by atoms with Crippen LogP contribution in [-0.2, 0) is 11.7 Å². The van der Waals surface area contributed by atoms with E-state index >= 15 is 0 Å². The third-order valence-corrected chi connectivity index (χ3v) is 3.28. The predicted octanol–water partition coefficient (Wildman–Crippen LogP) is 2.24. The molecule has 17 heavy (non-hydrogen) atoms. The molecule has 1 saturated heterocycles. The van der Waals surface area contributed by atoms with Crippen LogP contribution in [0.5, 0.6) is 0 Å². The van der Waals surface area contributed by atoms with E-state index in [0.29, 0.717) is 0 Å². The van der Waals surface area contributed by atoms with E-state index in [9.17, 15) is 13.2 Å². The Morgan fingerprint density at radius 2 is 1.59 bits per heavy atom. The second-order valence-corrected chi connectivity index (χ2v) is 4.48. The van der Waals surface area contributed by atoms with Gasteiger partial charge in [-0.25, -0.2) is 0 Å². The molecule has 1 heterocycles. The molecule has 1 aromatic rings. The molecule has 5 heteroatoms. The number of nitrogens with two attached hydrogens (primary N) is 1. The Labute approximate surface area is 98.0 Å². The molecule has 0 aliphatic carbocycles. The van der Waals surface area contributed by atoms with Gasteiger partial charge in [0.25, 0.3) is 0 Å². The highest BCUT2D eigenvalue weighted by molar-refractivity contribution is 5.30. The van der Waals surface area contributed by atoms with Crippen molar-refractivity contribution >= 4 is 0 Å². The topological polar surface area (TPSA) is 38.0 Å². The number of rotatable bonds is 1. The summed E-state index contributed by atoms with van der Waals surface area (Å²) in [7, 11) is 0. The first-order chi connectivity index (χ1) is 7.92. The van der Waals surface area contributed by atoms with Crippen molar-refractivity contribution in [3.63, 3.8) is 0 Å². The monoisotopic (exact) mass is 244 g/mol. The number of benzene rings is 1. The number of nitrogens with one attached hydrogen (secondary N) is 1. The molecule has 1 fully saturated rings. The van der Waals surface area contributed by atoms with Crippen LogP contribution in [-0.4, -0.2) is 13.1 Å². The van der Waals surface area contributed by atoms with Gasteiger partial charge in [0.05, 0.1) is 5.56 Å². The molecule has 2 rings (SSSR count). The molecule has 0 atom stereocenters. The summed E-state index contributed by atoms with van der Waals surface area (Å²) in [6.45, 7) is 1.61. The molecule has 2 nitrogen and oxygen atoms in total. The van der Waals surface area contributed by atoms with Crippen molar-refractivity contribution in [2.75, 3.05) is 13.1 Å².